The summed E-state index contributed by atoms with van der Waals surface area (Å²) in [5.41, 5.74) is 1.63. The number of anilines is 2. The van der Waals surface area contributed by atoms with Gasteiger partial charge in [0.05, 0.1) is 36.6 Å². The van der Waals surface area contributed by atoms with Crippen molar-refractivity contribution in [2.24, 2.45) is 5.92 Å². The normalized spacial score (nSPS) is 24.7. The van der Waals surface area contributed by atoms with Crippen molar-refractivity contribution in [3.05, 3.63) is 17.8 Å². The lowest BCUT2D eigenvalue weighted by molar-refractivity contribution is -0.129. The summed E-state index contributed by atoms with van der Waals surface area (Å²) in [7, 11) is 0. The second kappa shape index (κ2) is 7.94. The molecule has 2 atom stereocenters. The summed E-state index contributed by atoms with van der Waals surface area (Å²) >= 11 is 0. The van der Waals surface area contributed by atoms with Crippen LogP contribution in [0.25, 0.3) is 0 Å². The van der Waals surface area contributed by atoms with Crippen molar-refractivity contribution in [1.82, 2.24) is 4.98 Å². The number of hydrogen-bond acceptors (Lipinski definition) is 5. The number of aryl methyl sites for hydroxylation is 1. The summed E-state index contributed by atoms with van der Waals surface area (Å²) in [5, 5.41) is 3.05. The number of amides is 1. The molecule has 2 unspecified atom stereocenters. The summed E-state index contributed by atoms with van der Waals surface area (Å²) in [5.74, 6) is 0.925. The van der Waals surface area contributed by atoms with Gasteiger partial charge in [-0.05, 0) is 38.3 Å². The molecule has 3 heterocycles. The number of aromatic nitrogens is 1. The Morgan fingerprint density at radius 1 is 1.33 bits per heavy atom. The Morgan fingerprint density at radius 2 is 2.12 bits per heavy atom. The molecule has 0 radical (unpaired) electrons. The van der Waals surface area contributed by atoms with Gasteiger partial charge in [0.15, 0.2) is 0 Å². The van der Waals surface area contributed by atoms with Gasteiger partial charge >= 0.3 is 0 Å². The van der Waals surface area contributed by atoms with Gasteiger partial charge in [-0.1, -0.05) is 6.92 Å². The Hall–Kier alpha value is -1.66. The second-order valence-electron chi connectivity index (χ2n) is 6.46. The fourth-order valence-electron chi connectivity index (χ4n) is 3.42. The van der Waals surface area contributed by atoms with Crippen LogP contribution in [0.4, 0.5) is 11.5 Å². The molecule has 0 aliphatic carbocycles. The van der Waals surface area contributed by atoms with Gasteiger partial charge in [0.2, 0.25) is 5.91 Å². The van der Waals surface area contributed by atoms with Gasteiger partial charge in [-0.25, -0.2) is 4.98 Å². The molecule has 1 aromatic heterocycles. The second-order valence-corrected chi connectivity index (χ2v) is 6.46. The van der Waals surface area contributed by atoms with Crippen molar-refractivity contribution in [2.75, 3.05) is 43.1 Å². The summed E-state index contributed by atoms with van der Waals surface area (Å²) < 4.78 is 11.1. The van der Waals surface area contributed by atoms with Gasteiger partial charge in [-0.15, -0.1) is 0 Å². The van der Waals surface area contributed by atoms with E-state index in [9.17, 15) is 4.79 Å². The van der Waals surface area contributed by atoms with E-state index in [4.69, 9.17) is 9.47 Å². The zero-order valence-electron chi connectivity index (χ0n) is 14.6. The zero-order chi connectivity index (χ0) is 16.9. The molecule has 6 heteroatoms. The minimum absolute atomic E-state index is 0.0274. The van der Waals surface area contributed by atoms with Gasteiger partial charge in [0.1, 0.15) is 5.82 Å². The molecule has 6 nitrogen and oxygen atoms in total. The van der Waals surface area contributed by atoms with E-state index in [1.165, 1.54) is 0 Å². The fraction of sp³-hybridized carbons (Fsp3) is 0.667. The smallest absolute Gasteiger partial charge is 0.230 e. The monoisotopic (exact) mass is 333 g/mol. The van der Waals surface area contributed by atoms with Crippen molar-refractivity contribution < 1.29 is 14.3 Å². The third-order valence-electron chi connectivity index (χ3n) is 4.84. The molecule has 3 rings (SSSR count). The molecular formula is C18H27N3O3. The van der Waals surface area contributed by atoms with Crippen LogP contribution in [0.3, 0.4) is 0 Å². The zero-order valence-corrected chi connectivity index (χ0v) is 14.6. The van der Waals surface area contributed by atoms with Gasteiger partial charge in [-0.2, -0.15) is 0 Å². The SMILES string of the molecule is CCC1OCCCC1C(=O)Nc1ccc(N2CCOCC2)nc1C. The van der Waals surface area contributed by atoms with Crippen molar-refractivity contribution in [3.8, 4) is 0 Å². The highest BCUT2D eigenvalue weighted by atomic mass is 16.5. The predicted molar refractivity (Wildman–Crippen MR) is 93.4 cm³/mol. The molecule has 2 saturated heterocycles. The molecule has 2 aliphatic rings. The maximum atomic E-state index is 12.6. The van der Waals surface area contributed by atoms with E-state index < -0.39 is 0 Å². The lowest BCUT2D eigenvalue weighted by atomic mass is 9.91. The molecule has 2 aliphatic heterocycles. The number of morpholine rings is 1. The van der Waals surface area contributed by atoms with E-state index in [-0.39, 0.29) is 17.9 Å². The lowest BCUT2D eigenvalue weighted by Crippen LogP contribution is -2.38. The first-order valence-corrected chi connectivity index (χ1v) is 8.92. The molecule has 0 saturated carbocycles. The van der Waals surface area contributed by atoms with Crippen LogP contribution in [0.15, 0.2) is 12.1 Å². The van der Waals surface area contributed by atoms with Crippen LogP contribution in [0.1, 0.15) is 31.9 Å². The first-order chi connectivity index (χ1) is 11.7. The molecule has 0 spiro atoms. The van der Waals surface area contributed by atoms with Crippen molar-refractivity contribution in [2.45, 2.75) is 39.2 Å². The molecule has 0 bridgehead atoms. The van der Waals surface area contributed by atoms with Crippen LogP contribution in [-0.2, 0) is 14.3 Å². The van der Waals surface area contributed by atoms with Crippen LogP contribution >= 0.6 is 0 Å². The number of rotatable bonds is 4. The molecular weight excluding hydrogens is 306 g/mol. The number of carbonyl (C=O) groups is 1. The van der Waals surface area contributed by atoms with Gasteiger partial charge in [0, 0.05) is 19.7 Å². The Bertz CT molecular complexity index is 573. The topological polar surface area (TPSA) is 63.7 Å². The van der Waals surface area contributed by atoms with E-state index in [0.717, 1.165) is 69.4 Å². The molecule has 2 fully saturated rings. The maximum absolute atomic E-state index is 12.6. The standard InChI is InChI=1S/C18H27N3O3/c1-3-16-14(5-4-10-24-16)18(22)20-15-6-7-17(19-13(15)2)21-8-11-23-12-9-21/h6-7,14,16H,3-5,8-12H2,1-2H3,(H,20,22). The number of ether oxygens (including phenoxy) is 2. The quantitative estimate of drug-likeness (QED) is 0.916. The van der Waals surface area contributed by atoms with Crippen molar-refractivity contribution in [3.63, 3.8) is 0 Å². The minimum Gasteiger partial charge on any atom is -0.378 e. The molecule has 1 aromatic rings. The van der Waals surface area contributed by atoms with Crippen molar-refractivity contribution >= 4 is 17.4 Å². The van der Waals surface area contributed by atoms with Crippen LogP contribution in [-0.4, -0.2) is 49.9 Å². The number of carbonyl (C=O) groups excluding carboxylic acids is 1. The summed E-state index contributed by atoms with van der Waals surface area (Å²) in [4.78, 5) is 19.5. The van der Waals surface area contributed by atoms with Gasteiger partial charge < -0.3 is 19.7 Å². The van der Waals surface area contributed by atoms with Crippen LogP contribution in [0.2, 0.25) is 0 Å². The highest BCUT2D eigenvalue weighted by Gasteiger charge is 2.31. The molecule has 24 heavy (non-hydrogen) atoms. The van der Waals surface area contributed by atoms with E-state index in [2.05, 4.69) is 22.1 Å². The largest absolute Gasteiger partial charge is 0.378 e. The summed E-state index contributed by atoms with van der Waals surface area (Å²) in [6.45, 7) is 7.95. The van der Waals surface area contributed by atoms with E-state index >= 15 is 0 Å². The number of hydrogen-bond donors (Lipinski definition) is 1. The Kier molecular flexibility index (Phi) is 5.68. The third-order valence-corrected chi connectivity index (χ3v) is 4.84. The lowest BCUT2D eigenvalue weighted by Gasteiger charge is -2.30. The Balaban J connectivity index is 1.67. The third kappa shape index (κ3) is 3.87. The first kappa shape index (κ1) is 17.2. The molecule has 1 N–H and O–H groups in total. The van der Waals surface area contributed by atoms with Crippen LogP contribution in [0.5, 0.6) is 0 Å². The predicted octanol–water partition coefficient (Wildman–Crippen LogP) is 2.37. The molecule has 0 aromatic carbocycles. The molecule has 1 amide bonds. The number of nitrogens with one attached hydrogen (secondary N) is 1. The summed E-state index contributed by atoms with van der Waals surface area (Å²) in [6, 6.07) is 3.93. The number of nitrogens with zero attached hydrogens (tertiary/aromatic N) is 2. The highest BCUT2D eigenvalue weighted by Crippen LogP contribution is 2.26. The van der Waals surface area contributed by atoms with Crippen LogP contribution < -0.4 is 10.2 Å². The number of pyridine rings is 1. The van der Waals surface area contributed by atoms with E-state index in [0.29, 0.717) is 0 Å². The molecule has 132 valence electrons. The fourth-order valence-corrected chi connectivity index (χ4v) is 3.42. The average molecular weight is 333 g/mol. The van der Waals surface area contributed by atoms with Gasteiger partial charge in [-0.3, -0.25) is 4.79 Å². The Morgan fingerprint density at radius 3 is 2.83 bits per heavy atom. The average Bonchev–Trinajstić information content (AvgIpc) is 2.64. The Labute approximate surface area is 143 Å². The van der Waals surface area contributed by atoms with Gasteiger partial charge in [0.25, 0.3) is 0 Å². The summed E-state index contributed by atoms with van der Waals surface area (Å²) in [6.07, 6.45) is 2.73. The van der Waals surface area contributed by atoms with Crippen molar-refractivity contribution in [1.29, 1.82) is 0 Å². The van der Waals surface area contributed by atoms with E-state index in [1.807, 2.05) is 19.1 Å². The highest BCUT2D eigenvalue weighted by molar-refractivity contribution is 5.93. The van der Waals surface area contributed by atoms with E-state index in [1.54, 1.807) is 0 Å². The first-order valence-electron chi connectivity index (χ1n) is 8.92. The van der Waals surface area contributed by atoms with Crippen LogP contribution in [0, 0.1) is 12.8 Å². The maximum Gasteiger partial charge on any atom is 0.230 e. The minimum atomic E-state index is -0.0675.